The van der Waals surface area contributed by atoms with Gasteiger partial charge in [-0.1, -0.05) is 37.0 Å². The fourth-order valence-electron chi connectivity index (χ4n) is 2.10. The molecule has 0 aromatic carbocycles. The molecule has 1 unspecified atom stereocenters. The Hall–Kier alpha value is -0.150. The van der Waals surface area contributed by atoms with Crippen LogP contribution in [0.2, 0.25) is 0 Å². The second-order valence-electron chi connectivity index (χ2n) is 4.28. The van der Waals surface area contributed by atoms with E-state index >= 15 is 0 Å². The molecule has 0 saturated heterocycles. The molecule has 1 aromatic rings. The van der Waals surface area contributed by atoms with Gasteiger partial charge in [-0.2, -0.15) is 0 Å². The number of rotatable bonds is 2. The topological polar surface area (TPSA) is 25.8 Å². The molecule has 0 aliphatic heterocycles. The molecule has 1 saturated carbocycles. The van der Waals surface area contributed by atoms with Crippen LogP contribution in [-0.2, 0) is 0 Å². The molecule has 0 spiro atoms. The number of nitrogens with zero attached hydrogens (tertiary/aromatic N) is 2. The molecule has 0 N–H and O–H groups in total. The Morgan fingerprint density at radius 3 is 2.40 bits per heavy atom. The van der Waals surface area contributed by atoms with E-state index in [1.165, 1.54) is 43.5 Å². The average Bonchev–Trinajstić information content (AvgIpc) is 2.55. The molecule has 0 bridgehead atoms. The Morgan fingerprint density at radius 2 is 1.87 bits per heavy atom. The third kappa shape index (κ3) is 2.91. The van der Waals surface area contributed by atoms with Crippen LogP contribution in [0.15, 0.2) is 0 Å². The first-order valence-electron chi connectivity index (χ1n) is 5.74. The largest absolute Gasteiger partial charge is 0.143 e. The second kappa shape index (κ2) is 5.26. The third-order valence-corrected chi connectivity index (χ3v) is 4.61. The Kier molecular flexibility index (Phi) is 3.98. The maximum Gasteiger partial charge on any atom is 0.135 e. The van der Waals surface area contributed by atoms with Crippen molar-refractivity contribution in [3.8, 4) is 0 Å². The molecule has 2 nitrogen and oxygen atoms in total. The van der Waals surface area contributed by atoms with Gasteiger partial charge >= 0.3 is 0 Å². The van der Waals surface area contributed by atoms with Gasteiger partial charge in [0.15, 0.2) is 0 Å². The normalized spacial score (nSPS) is 21.2. The van der Waals surface area contributed by atoms with Crippen molar-refractivity contribution in [2.24, 2.45) is 0 Å². The Balaban J connectivity index is 2.06. The third-order valence-electron chi connectivity index (χ3n) is 3.00. The van der Waals surface area contributed by atoms with Gasteiger partial charge in [-0.25, -0.2) is 0 Å². The summed E-state index contributed by atoms with van der Waals surface area (Å²) in [6.45, 7) is 1.96. The SMILES string of the molecule is CC(Cl)c1nnc(C2CCCCCC2)s1. The van der Waals surface area contributed by atoms with E-state index in [2.05, 4.69) is 10.2 Å². The molecule has 1 fully saturated rings. The van der Waals surface area contributed by atoms with E-state index in [0.29, 0.717) is 5.92 Å². The van der Waals surface area contributed by atoms with Crippen LogP contribution in [0, 0.1) is 0 Å². The molecule has 1 aromatic heterocycles. The molecule has 15 heavy (non-hydrogen) atoms. The monoisotopic (exact) mass is 244 g/mol. The van der Waals surface area contributed by atoms with Gasteiger partial charge in [-0.15, -0.1) is 21.8 Å². The Bertz CT molecular complexity index is 303. The smallest absolute Gasteiger partial charge is 0.135 e. The molecule has 1 heterocycles. The minimum atomic E-state index is 0.00188. The summed E-state index contributed by atoms with van der Waals surface area (Å²) in [4.78, 5) is 0. The highest BCUT2D eigenvalue weighted by molar-refractivity contribution is 7.11. The molecule has 4 heteroatoms. The lowest BCUT2D eigenvalue weighted by Gasteiger charge is -2.08. The van der Waals surface area contributed by atoms with Gasteiger partial charge in [0, 0.05) is 5.92 Å². The molecule has 2 rings (SSSR count). The predicted molar refractivity (Wildman–Crippen MR) is 64.6 cm³/mol. The standard InChI is InChI=1S/C11H17ClN2S/c1-8(12)10-13-14-11(15-10)9-6-4-2-3-5-7-9/h8-9H,2-7H2,1H3. The quantitative estimate of drug-likeness (QED) is 0.573. The molecule has 1 aliphatic rings. The van der Waals surface area contributed by atoms with E-state index in [-0.39, 0.29) is 5.38 Å². The number of halogens is 1. The van der Waals surface area contributed by atoms with Crippen molar-refractivity contribution < 1.29 is 0 Å². The molecule has 0 radical (unpaired) electrons. The molecular formula is C11H17ClN2S. The van der Waals surface area contributed by atoms with Crippen molar-refractivity contribution >= 4 is 22.9 Å². The van der Waals surface area contributed by atoms with Crippen LogP contribution in [0.5, 0.6) is 0 Å². The van der Waals surface area contributed by atoms with Crippen molar-refractivity contribution in [2.45, 2.75) is 56.7 Å². The fourth-order valence-corrected chi connectivity index (χ4v) is 3.22. The summed E-state index contributed by atoms with van der Waals surface area (Å²) in [5.74, 6) is 0.647. The van der Waals surface area contributed by atoms with Gasteiger partial charge in [0.25, 0.3) is 0 Å². The molecule has 1 aliphatic carbocycles. The van der Waals surface area contributed by atoms with Gasteiger partial charge in [-0.3, -0.25) is 0 Å². The zero-order chi connectivity index (χ0) is 10.7. The lowest BCUT2D eigenvalue weighted by atomic mass is 10.0. The summed E-state index contributed by atoms with van der Waals surface area (Å²) in [6, 6.07) is 0. The minimum Gasteiger partial charge on any atom is -0.143 e. The van der Waals surface area contributed by atoms with E-state index in [1.807, 2.05) is 6.92 Å². The summed E-state index contributed by atoms with van der Waals surface area (Å²) < 4.78 is 0. The number of alkyl halides is 1. The number of hydrogen-bond donors (Lipinski definition) is 0. The van der Waals surface area contributed by atoms with Gasteiger partial charge in [0.05, 0.1) is 5.38 Å². The van der Waals surface area contributed by atoms with E-state index < -0.39 is 0 Å². The van der Waals surface area contributed by atoms with Crippen LogP contribution in [0.3, 0.4) is 0 Å². The van der Waals surface area contributed by atoms with Crippen LogP contribution in [0.1, 0.15) is 66.8 Å². The summed E-state index contributed by atoms with van der Waals surface area (Å²) in [5.41, 5.74) is 0. The van der Waals surface area contributed by atoms with Crippen molar-refractivity contribution in [1.29, 1.82) is 0 Å². The van der Waals surface area contributed by atoms with E-state index in [4.69, 9.17) is 11.6 Å². The van der Waals surface area contributed by atoms with Crippen molar-refractivity contribution in [1.82, 2.24) is 10.2 Å². The highest BCUT2D eigenvalue weighted by Gasteiger charge is 2.19. The predicted octanol–water partition coefficient (Wildman–Crippen LogP) is 4.28. The molecule has 0 amide bonds. The maximum atomic E-state index is 6.00. The van der Waals surface area contributed by atoms with Crippen LogP contribution in [-0.4, -0.2) is 10.2 Å². The zero-order valence-corrected chi connectivity index (χ0v) is 10.7. The lowest BCUT2D eigenvalue weighted by molar-refractivity contribution is 0.584. The maximum absolute atomic E-state index is 6.00. The summed E-state index contributed by atoms with van der Waals surface area (Å²) in [5, 5.41) is 10.6. The van der Waals surface area contributed by atoms with Gasteiger partial charge in [0.2, 0.25) is 0 Å². The Morgan fingerprint density at radius 1 is 1.20 bits per heavy atom. The van der Waals surface area contributed by atoms with Crippen LogP contribution >= 0.6 is 22.9 Å². The van der Waals surface area contributed by atoms with E-state index in [1.54, 1.807) is 11.3 Å². The first-order valence-corrected chi connectivity index (χ1v) is 7.00. The molecule has 1 atom stereocenters. The minimum absolute atomic E-state index is 0.00188. The van der Waals surface area contributed by atoms with Crippen LogP contribution < -0.4 is 0 Å². The number of hydrogen-bond acceptors (Lipinski definition) is 3. The first-order chi connectivity index (χ1) is 7.27. The summed E-state index contributed by atoms with van der Waals surface area (Å²) >= 11 is 7.70. The zero-order valence-electron chi connectivity index (χ0n) is 9.08. The molecular weight excluding hydrogens is 228 g/mol. The molecule has 84 valence electrons. The van der Waals surface area contributed by atoms with Crippen LogP contribution in [0.4, 0.5) is 0 Å². The summed E-state index contributed by atoms with van der Waals surface area (Å²) in [7, 11) is 0. The van der Waals surface area contributed by atoms with Crippen molar-refractivity contribution in [3.63, 3.8) is 0 Å². The highest BCUT2D eigenvalue weighted by atomic mass is 35.5. The van der Waals surface area contributed by atoms with E-state index in [0.717, 1.165) is 5.01 Å². The van der Waals surface area contributed by atoms with Gasteiger partial charge in [0.1, 0.15) is 10.0 Å². The number of aromatic nitrogens is 2. The Labute approximate surface area is 100 Å². The average molecular weight is 245 g/mol. The first kappa shape index (κ1) is 11.3. The second-order valence-corrected chi connectivity index (χ2v) is 5.98. The van der Waals surface area contributed by atoms with E-state index in [9.17, 15) is 0 Å². The highest BCUT2D eigenvalue weighted by Crippen LogP contribution is 2.34. The van der Waals surface area contributed by atoms with Crippen molar-refractivity contribution in [3.05, 3.63) is 10.0 Å². The summed E-state index contributed by atoms with van der Waals surface area (Å²) in [6.07, 6.45) is 8.02. The van der Waals surface area contributed by atoms with Gasteiger partial charge in [-0.05, 0) is 19.8 Å². The van der Waals surface area contributed by atoms with Crippen molar-refractivity contribution in [2.75, 3.05) is 0 Å². The van der Waals surface area contributed by atoms with Gasteiger partial charge < -0.3 is 0 Å². The fraction of sp³-hybridized carbons (Fsp3) is 0.818. The van der Waals surface area contributed by atoms with Crippen LogP contribution in [0.25, 0.3) is 0 Å². The lowest BCUT2D eigenvalue weighted by Crippen LogP contribution is -1.96.